The normalized spacial score (nSPS) is 10.9. The molecule has 0 saturated heterocycles. The number of nitrogens with zero attached hydrogens (tertiary/aromatic N) is 2. The summed E-state index contributed by atoms with van der Waals surface area (Å²) in [4.78, 5) is 17.4. The van der Waals surface area contributed by atoms with Crippen LogP contribution >= 0.6 is 0 Å². The highest BCUT2D eigenvalue weighted by molar-refractivity contribution is 6.13. The molecule has 0 aliphatic heterocycles. The summed E-state index contributed by atoms with van der Waals surface area (Å²) in [6, 6.07) is 10.7. The van der Waals surface area contributed by atoms with Gasteiger partial charge in [-0.25, -0.2) is 4.98 Å². The van der Waals surface area contributed by atoms with Crippen LogP contribution in [0.25, 0.3) is 22.6 Å². The average Bonchev–Trinajstić information content (AvgIpc) is 3.33. The molecule has 0 atom stereocenters. The maximum absolute atomic E-state index is 13.0. The lowest BCUT2D eigenvalue weighted by atomic mass is 10.1. The Kier molecular flexibility index (Phi) is 4.12. The Labute approximate surface area is 154 Å². The number of methoxy groups -OCH3 is 1. The highest BCUT2D eigenvalue weighted by Crippen LogP contribution is 2.28. The number of benzene rings is 1. The summed E-state index contributed by atoms with van der Waals surface area (Å²) < 4.78 is 15.9. The van der Waals surface area contributed by atoms with Crippen LogP contribution in [0.2, 0.25) is 0 Å². The number of aromatic nitrogens is 2. The highest BCUT2D eigenvalue weighted by atomic mass is 16.5. The van der Waals surface area contributed by atoms with Gasteiger partial charge in [0.2, 0.25) is 0 Å². The lowest BCUT2D eigenvalue weighted by Gasteiger charge is -2.11. The molecule has 0 bridgehead atoms. The number of fused-ring (bicyclic) bond motifs is 1. The summed E-state index contributed by atoms with van der Waals surface area (Å²) in [7, 11) is 1.60. The van der Waals surface area contributed by atoms with Crippen LogP contribution in [0, 0.1) is 13.8 Å². The Morgan fingerprint density at radius 3 is 2.74 bits per heavy atom. The highest BCUT2D eigenvalue weighted by Gasteiger charge is 2.20. The van der Waals surface area contributed by atoms with Crippen molar-refractivity contribution in [3.8, 4) is 17.2 Å². The van der Waals surface area contributed by atoms with Crippen LogP contribution in [0.5, 0.6) is 5.75 Å². The van der Waals surface area contributed by atoms with Crippen molar-refractivity contribution in [2.24, 2.45) is 0 Å². The van der Waals surface area contributed by atoms with Crippen LogP contribution in [0.1, 0.15) is 21.6 Å². The van der Waals surface area contributed by atoms with Crippen LogP contribution in [0.4, 0.5) is 5.69 Å². The van der Waals surface area contributed by atoms with Gasteiger partial charge in [0.25, 0.3) is 11.6 Å². The minimum atomic E-state index is -0.283. The van der Waals surface area contributed by atoms with E-state index in [0.29, 0.717) is 33.8 Å². The zero-order valence-corrected chi connectivity index (χ0v) is 15.1. The molecular formula is C20H17N3O4. The van der Waals surface area contributed by atoms with Crippen molar-refractivity contribution in [2.75, 3.05) is 12.4 Å². The number of rotatable bonds is 4. The first-order valence-electron chi connectivity index (χ1n) is 8.33. The number of anilines is 1. The summed E-state index contributed by atoms with van der Waals surface area (Å²) in [6.07, 6.45) is 1.55. The SMILES string of the molecule is COc1ccc(NC(=O)c2cc(-c3ccco3)nc3onc(C)c23)c(C)c1. The molecule has 27 heavy (non-hydrogen) atoms. The maximum atomic E-state index is 13.0. The molecule has 0 aliphatic rings. The van der Waals surface area contributed by atoms with Gasteiger partial charge in [-0.1, -0.05) is 5.16 Å². The lowest BCUT2D eigenvalue weighted by molar-refractivity contribution is 0.102. The predicted octanol–water partition coefficient (Wildman–Crippen LogP) is 4.36. The predicted molar refractivity (Wildman–Crippen MR) is 99.9 cm³/mol. The van der Waals surface area contributed by atoms with E-state index in [1.165, 1.54) is 0 Å². The summed E-state index contributed by atoms with van der Waals surface area (Å²) in [5.74, 6) is 0.988. The molecule has 7 nitrogen and oxygen atoms in total. The van der Waals surface area contributed by atoms with Gasteiger partial charge >= 0.3 is 0 Å². The van der Waals surface area contributed by atoms with Crippen LogP contribution in [-0.2, 0) is 0 Å². The molecule has 136 valence electrons. The summed E-state index contributed by atoms with van der Waals surface area (Å²) in [5.41, 5.74) is 3.39. The molecule has 3 heterocycles. The minimum absolute atomic E-state index is 0.283. The standard InChI is InChI=1S/C20H17N3O4/c1-11-9-13(25-3)6-7-15(11)21-19(24)14-10-16(17-5-4-8-26-17)22-20-18(14)12(2)23-27-20/h4-10H,1-3H3,(H,21,24). The van der Waals surface area contributed by atoms with Crippen molar-refractivity contribution < 1.29 is 18.5 Å². The third-order valence-electron chi connectivity index (χ3n) is 4.32. The fourth-order valence-electron chi connectivity index (χ4n) is 2.92. The molecule has 0 fully saturated rings. The number of amides is 1. The molecule has 0 spiro atoms. The topological polar surface area (TPSA) is 90.4 Å². The van der Waals surface area contributed by atoms with E-state index in [9.17, 15) is 4.79 Å². The van der Waals surface area contributed by atoms with E-state index >= 15 is 0 Å². The quantitative estimate of drug-likeness (QED) is 0.579. The average molecular weight is 363 g/mol. The van der Waals surface area contributed by atoms with Gasteiger partial charge in [0.1, 0.15) is 11.4 Å². The molecule has 0 aliphatic carbocycles. The van der Waals surface area contributed by atoms with E-state index in [2.05, 4.69) is 15.5 Å². The van der Waals surface area contributed by atoms with Crippen LogP contribution in [0.15, 0.2) is 51.6 Å². The van der Waals surface area contributed by atoms with Crippen molar-refractivity contribution in [1.29, 1.82) is 0 Å². The van der Waals surface area contributed by atoms with Gasteiger partial charge < -0.3 is 19.0 Å². The monoisotopic (exact) mass is 363 g/mol. The Balaban J connectivity index is 1.78. The maximum Gasteiger partial charge on any atom is 0.259 e. The molecule has 1 amide bonds. The van der Waals surface area contributed by atoms with E-state index in [-0.39, 0.29) is 11.6 Å². The Morgan fingerprint density at radius 2 is 2.04 bits per heavy atom. The molecule has 3 aromatic heterocycles. The first-order chi connectivity index (χ1) is 13.1. The Hall–Kier alpha value is -3.61. The summed E-state index contributed by atoms with van der Waals surface area (Å²) in [5, 5.41) is 7.46. The second kappa shape index (κ2) is 6.60. The fraction of sp³-hybridized carbons (Fsp3) is 0.150. The zero-order valence-electron chi connectivity index (χ0n) is 15.1. The molecule has 4 rings (SSSR count). The molecular weight excluding hydrogens is 346 g/mol. The molecule has 0 unspecified atom stereocenters. The van der Waals surface area contributed by atoms with E-state index in [1.54, 1.807) is 50.6 Å². The first kappa shape index (κ1) is 16.8. The van der Waals surface area contributed by atoms with Gasteiger partial charge in [-0.2, -0.15) is 0 Å². The fourth-order valence-corrected chi connectivity index (χ4v) is 2.92. The smallest absolute Gasteiger partial charge is 0.259 e. The van der Waals surface area contributed by atoms with E-state index < -0.39 is 0 Å². The van der Waals surface area contributed by atoms with E-state index in [1.807, 2.05) is 13.0 Å². The van der Waals surface area contributed by atoms with Crippen molar-refractivity contribution >= 4 is 22.7 Å². The number of ether oxygens (including phenoxy) is 1. The van der Waals surface area contributed by atoms with Gasteiger partial charge in [-0.15, -0.1) is 0 Å². The number of carbonyl (C=O) groups excluding carboxylic acids is 1. The number of nitrogens with one attached hydrogen (secondary N) is 1. The summed E-state index contributed by atoms with van der Waals surface area (Å²) in [6.45, 7) is 3.68. The minimum Gasteiger partial charge on any atom is -0.497 e. The second-order valence-corrected chi connectivity index (χ2v) is 6.12. The lowest BCUT2D eigenvalue weighted by Crippen LogP contribution is -2.14. The second-order valence-electron chi connectivity index (χ2n) is 6.12. The van der Waals surface area contributed by atoms with Crippen molar-refractivity contribution in [1.82, 2.24) is 10.1 Å². The van der Waals surface area contributed by atoms with Crippen LogP contribution in [0.3, 0.4) is 0 Å². The van der Waals surface area contributed by atoms with Gasteiger partial charge in [-0.05, 0) is 55.8 Å². The largest absolute Gasteiger partial charge is 0.497 e. The molecule has 4 aromatic rings. The van der Waals surface area contributed by atoms with Crippen molar-refractivity contribution in [3.05, 3.63) is 59.5 Å². The number of pyridine rings is 1. The number of furan rings is 1. The van der Waals surface area contributed by atoms with E-state index in [0.717, 1.165) is 11.3 Å². The van der Waals surface area contributed by atoms with Gasteiger partial charge in [0.15, 0.2) is 5.76 Å². The first-order valence-corrected chi connectivity index (χ1v) is 8.33. The van der Waals surface area contributed by atoms with Crippen molar-refractivity contribution in [3.63, 3.8) is 0 Å². The van der Waals surface area contributed by atoms with Crippen molar-refractivity contribution in [2.45, 2.75) is 13.8 Å². The Bertz CT molecular complexity index is 1130. The van der Waals surface area contributed by atoms with Gasteiger partial charge in [-0.3, -0.25) is 4.79 Å². The Morgan fingerprint density at radius 1 is 1.19 bits per heavy atom. The number of carbonyl (C=O) groups is 1. The number of aryl methyl sites for hydroxylation is 2. The summed E-state index contributed by atoms with van der Waals surface area (Å²) >= 11 is 0. The molecule has 0 saturated carbocycles. The van der Waals surface area contributed by atoms with Gasteiger partial charge in [0.05, 0.1) is 30.0 Å². The molecule has 7 heteroatoms. The zero-order chi connectivity index (χ0) is 19.0. The van der Waals surface area contributed by atoms with Crippen LogP contribution < -0.4 is 10.1 Å². The molecule has 1 aromatic carbocycles. The number of hydrogen-bond donors (Lipinski definition) is 1. The molecule has 1 N–H and O–H groups in total. The third-order valence-corrected chi connectivity index (χ3v) is 4.32. The van der Waals surface area contributed by atoms with E-state index in [4.69, 9.17) is 13.7 Å². The molecule has 0 radical (unpaired) electrons. The van der Waals surface area contributed by atoms with Gasteiger partial charge in [0, 0.05) is 5.69 Å². The van der Waals surface area contributed by atoms with Crippen LogP contribution in [-0.4, -0.2) is 23.2 Å². The number of hydrogen-bond acceptors (Lipinski definition) is 6. The third kappa shape index (κ3) is 3.03.